The highest BCUT2D eigenvalue weighted by atomic mass is 16.1. The monoisotopic (exact) mass is 375 g/mol. The fraction of sp³-hybridized carbons (Fsp3) is 0.417. The predicted molar refractivity (Wildman–Crippen MR) is 114 cm³/mol. The molecule has 1 aliphatic rings. The molecule has 0 aromatic heterocycles. The molecule has 4 heteroatoms. The molecule has 0 unspecified atom stereocenters. The van der Waals surface area contributed by atoms with E-state index in [1.54, 1.807) is 0 Å². The Bertz CT molecular complexity index is 858. The number of benzene rings is 2. The fourth-order valence-corrected chi connectivity index (χ4v) is 3.97. The SMILES string of the molecule is CCc1ccc(C(=O)NC2CCC(N(C)c3ccc(C#N)c(C)c3)CC2)cc1. The fourth-order valence-electron chi connectivity index (χ4n) is 3.97. The van der Waals surface area contributed by atoms with Crippen LogP contribution in [0.15, 0.2) is 42.5 Å². The largest absolute Gasteiger partial charge is 0.372 e. The maximum absolute atomic E-state index is 12.5. The summed E-state index contributed by atoms with van der Waals surface area (Å²) in [6.45, 7) is 4.10. The lowest BCUT2D eigenvalue weighted by Gasteiger charge is -2.36. The lowest BCUT2D eigenvalue weighted by Crippen LogP contribution is -2.43. The molecule has 2 aromatic rings. The summed E-state index contributed by atoms with van der Waals surface area (Å²) in [5.41, 5.74) is 4.89. The first-order valence-corrected chi connectivity index (χ1v) is 10.1. The summed E-state index contributed by atoms with van der Waals surface area (Å²) in [5, 5.41) is 12.3. The zero-order valence-electron chi connectivity index (χ0n) is 17.0. The Balaban J connectivity index is 1.54. The Hall–Kier alpha value is -2.80. The van der Waals surface area contributed by atoms with Crippen LogP contribution < -0.4 is 10.2 Å². The lowest BCUT2D eigenvalue weighted by atomic mass is 9.89. The third-order valence-electron chi connectivity index (χ3n) is 5.94. The van der Waals surface area contributed by atoms with Crippen LogP contribution in [0.3, 0.4) is 0 Å². The number of nitrogens with one attached hydrogen (secondary N) is 1. The minimum atomic E-state index is 0.0298. The molecule has 0 bridgehead atoms. The first kappa shape index (κ1) is 19.9. The Labute approximate surface area is 168 Å². The summed E-state index contributed by atoms with van der Waals surface area (Å²) >= 11 is 0. The summed E-state index contributed by atoms with van der Waals surface area (Å²) in [6.07, 6.45) is 5.06. The number of aryl methyl sites for hydroxylation is 2. The van der Waals surface area contributed by atoms with Gasteiger partial charge < -0.3 is 10.2 Å². The van der Waals surface area contributed by atoms with Crippen molar-refractivity contribution in [3.8, 4) is 6.07 Å². The van der Waals surface area contributed by atoms with E-state index in [-0.39, 0.29) is 11.9 Å². The van der Waals surface area contributed by atoms with E-state index in [2.05, 4.69) is 36.3 Å². The van der Waals surface area contributed by atoms with E-state index in [9.17, 15) is 4.79 Å². The Kier molecular flexibility index (Phi) is 6.36. The van der Waals surface area contributed by atoms with E-state index in [0.717, 1.165) is 54.5 Å². The molecule has 3 rings (SSSR count). The van der Waals surface area contributed by atoms with E-state index in [0.29, 0.717) is 6.04 Å². The second kappa shape index (κ2) is 8.93. The van der Waals surface area contributed by atoms with E-state index in [4.69, 9.17) is 5.26 Å². The normalized spacial score (nSPS) is 18.9. The van der Waals surface area contributed by atoms with Gasteiger partial charge in [-0.1, -0.05) is 19.1 Å². The molecule has 1 saturated carbocycles. The predicted octanol–water partition coefficient (Wildman–Crippen LogP) is 4.61. The minimum absolute atomic E-state index is 0.0298. The number of nitrogens with zero attached hydrogens (tertiary/aromatic N) is 2. The van der Waals surface area contributed by atoms with Crippen molar-refractivity contribution >= 4 is 11.6 Å². The number of hydrogen-bond donors (Lipinski definition) is 1. The third-order valence-corrected chi connectivity index (χ3v) is 5.94. The molecule has 1 amide bonds. The van der Waals surface area contributed by atoms with Crippen molar-refractivity contribution in [2.24, 2.45) is 0 Å². The van der Waals surface area contributed by atoms with Crippen LogP contribution in [0.25, 0.3) is 0 Å². The number of rotatable bonds is 5. The van der Waals surface area contributed by atoms with Crippen LogP contribution in [0, 0.1) is 18.3 Å². The molecule has 4 nitrogen and oxygen atoms in total. The molecule has 0 radical (unpaired) electrons. The van der Waals surface area contributed by atoms with Crippen molar-refractivity contribution in [1.82, 2.24) is 5.32 Å². The van der Waals surface area contributed by atoms with Gasteiger partial charge in [-0.2, -0.15) is 5.26 Å². The van der Waals surface area contributed by atoms with E-state index < -0.39 is 0 Å². The first-order valence-electron chi connectivity index (χ1n) is 10.1. The van der Waals surface area contributed by atoms with Crippen LogP contribution in [-0.2, 0) is 6.42 Å². The van der Waals surface area contributed by atoms with Gasteiger partial charge >= 0.3 is 0 Å². The molecule has 0 saturated heterocycles. The Morgan fingerprint density at radius 3 is 2.39 bits per heavy atom. The number of carbonyl (C=O) groups excluding carboxylic acids is 1. The Morgan fingerprint density at radius 1 is 1.14 bits per heavy atom. The molecule has 1 aliphatic carbocycles. The van der Waals surface area contributed by atoms with Crippen molar-refractivity contribution in [1.29, 1.82) is 5.26 Å². The topological polar surface area (TPSA) is 56.1 Å². The average molecular weight is 376 g/mol. The highest BCUT2D eigenvalue weighted by molar-refractivity contribution is 5.94. The summed E-state index contributed by atoms with van der Waals surface area (Å²) in [4.78, 5) is 14.8. The van der Waals surface area contributed by atoms with E-state index >= 15 is 0 Å². The van der Waals surface area contributed by atoms with Crippen molar-refractivity contribution in [3.05, 3.63) is 64.7 Å². The molecular weight excluding hydrogens is 346 g/mol. The minimum Gasteiger partial charge on any atom is -0.372 e. The van der Waals surface area contributed by atoms with Gasteiger partial charge in [-0.05, 0) is 80.5 Å². The van der Waals surface area contributed by atoms with Gasteiger partial charge in [0.05, 0.1) is 11.6 Å². The summed E-state index contributed by atoms with van der Waals surface area (Å²) < 4.78 is 0. The van der Waals surface area contributed by atoms with Gasteiger partial charge in [-0.15, -0.1) is 0 Å². The number of hydrogen-bond acceptors (Lipinski definition) is 3. The van der Waals surface area contributed by atoms with E-state index in [1.807, 2.05) is 43.3 Å². The molecule has 0 heterocycles. The molecule has 0 atom stereocenters. The molecule has 0 aliphatic heterocycles. The summed E-state index contributed by atoms with van der Waals surface area (Å²) in [7, 11) is 2.12. The first-order chi connectivity index (χ1) is 13.5. The second-order valence-corrected chi connectivity index (χ2v) is 7.75. The molecule has 2 aromatic carbocycles. The van der Waals surface area contributed by atoms with Gasteiger partial charge in [0.1, 0.15) is 0 Å². The number of nitriles is 1. The van der Waals surface area contributed by atoms with Gasteiger partial charge in [-0.3, -0.25) is 4.79 Å². The zero-order valence-corrected chi connectivity index (χ0v) is 17.0. The van der Waals surface area contributed by atoms with Crippen molar-refractivity contribution in [3.63, 3.8) is 0 Å². The standard InChI is InChI=1S/C24H29N3O/c1-4-18-5-7-19(8-6-18)24(28)26-21-10-13-22(14-11-21)27(3)23-12-9-20(16-25)17(2)15-23/h5-9,12,15,21-22H,4,10-11,13-14H2,1-3H3,(H,26,28). The van der Waals surface area contributed by atoms with Gasteiger partial charge in [0.15, 0.2) is 0 Å². The number of carbonyl (C=O) groups is 1. The van der Waals surface area contributed by atoms with Crippen molar-refractivity contribution < 1.29 is 4.79 Å². The molecule has 28 heavy (non-hydrogen) atoms. The molecule has 1 fully saturated rings. The van der Waals surface area contributed by atoms with Gasteiger partial charge in [0.2, 0.25) is 0 Å². The molecule has 146 valence electrons. The van der Waals surface area contributed by atoms with Crippen LogP contribution in [0.2, 0.25) is 0 Å². The van der Waals surface area contributed by atoms with Crippen LogP contribution >= 0.6 is 0 Å². The highest BCUT2D eigenvalue weighted by Crippen LogP contribution is 2.28. The molecular formula is C24H29N3O. The van der Waals surface area contributed by atoms with Crippen LogP contribution in [-0.4, -0.2) is 25.0 Å². The summed E-state index contributed by atoms with van der Waals surface area (Å²) in [6, 6.07) is 16.8. The lowest BCUT2D eigenvalue weighted by molar-refractivity contribution is 0.0926. The number of amides is 1. The van der Waals surface area contributed by atoms with Gasteiger partial charge in [0, 0.05) is 30.4 Å². The highest BCUT2D eigenvalue weighted by Gasteiger charge is 2.25. The smallest absolute Gasteiger partial charge is 0.251 e. The zero-order chi connectivity index (χ0) is 20.1. The van der Waals surface area contributed by atoms with Crippen LogP contribution in [0.4, 0.5) is 5.69 Å². The van der Waals surface area contributed by atoms with Gasteiger partial charge in [0.25, 0.3) is 5.91 Å². The molecule has 1 N–H and O–H groups in total. The van der Waals surface area contributed by atoms with Crippen LogP contribution in [0.1, 0.15) is 59.7 Å². The van der Waals surface area contributed by atoms with Crippen LogP contribution in [0.5, 0.6) is 0 Å². The quantitative estimate of drug-likeness (QED) is 0.830. The third kappa shape index (κ3) is 4.54. The van der Waals surface area contributed by atoms with Crippen molar-refractivity contribution in [2.75, 3.05) is 11.9 Å². The van der Waals surface area contributed by atoms with E-state index in [1.165, 1.54) is 5.56 Å². The van der Waals surface area contributed by atoms with Gasteiger partial charge in [-0.25, -0.2) is 0 Å². The Morgan fingerprint density at radius 2 is 1.82 bits per heavy atom. The molecule has 0 spiro atoms. The second-order valence-electron chi connectivity index (χ2n) is 7.75. The maximum Gasteiger partial charge on any atom is 0.251 e. The number of anilines is 1. The average Bonchev–Trinajstić information content (AvgIpc) is 2.73. The maximum atomic E-state index is 12.5. The van der Waals surface area contributed by atoms with Crippen molar-refractivity contribution in [2.45, 2.75) is 58.0 Å². The summed E-state index contributed by atoms with van der Waals surface area (Å²) in [5.74, 6) is 0.0298.